The van der Waals surface area contributed by atoms with Gasteiger partial charge >= 0.3 is 0 Å². The molecule has 0 fully saturated rings. The van der Waals surface area contributed by atoms with E-state index in [1.165, 1.54) is 11.3 Å². The molecule has 0 saturated carbocycles. The van der Waals surface area contributed by atoms with Crippen LogP contribution in [-0.4, -0.2) is 4.98 Å². The van der Waals surface area contributed by atoms with Crippen molar-refractivity contribution in [3.05, 3.63) is 40.2 Å². The number of rotatable bonds is 1. The van der Waals surface area contributed by atoms with Crippen LogP contribution in [0.15, 0.2) is 29.1 Å². The van der Waals surface area contributed by atoms with Gasteiger partial charge in [0, 0.05) is 10.9 Å². The average Bonchev–Trinajstić information content (AvgIpc) is 2.81. The molecule has 0 spiro atoms. The second-order valence-corrected chi connectivity index (χ2v) is 3.62. The molecule has 2 rings (SSSR count). The Kier molecular flexibility index (Phi) is 2.45. The van der Waals surface area contributed by atoms with Crippen LogP contribution in [0.1, 0.15) is 11.1 Å². The Morgan fingerprint density at radius 3 is 2.20 bits per heavy atom. The van der Waals surface area contributed by atoms with E-state index in [1.54, 1.807) is 23.7 Å². The van der Waals surface area contributed by atoms with Gasteiger partial charge in [-0.2, -0.15) is 10.5 Å². The molecule has 0 bridgehead atoms. The quantitative estimate of drug-likeness (QED) is 0.728. The normalized spacial score (nSPS) is 9.20. The van der Waals surface area contributed by atoms with Gasteiger partial charge < -0.3 is 0 Å². The summed E-state index contributed by atoms with van der Waals surface area (Å²) in [5.41, 5.74) is 4.30. The zero-order chi connectivity index (χ0) is 10.7. The van der Waals surface area contributed by atoms with Gasteiger partial charge in [-0.3, -0.25) is 0 Å². The van der Waals surface area contributed by atoms with Gasteiger partial charge in [-0.1, -0.05) is 0 Å². The van der Waals surface area contributed by atoms with Gasteiger partial charge in [-0.05, 0) is 18.2 Å². The topological polar surface area (TPSA) is 60.5 Å². The van der Waals surface area contributed by atoms with Crippen LogP contribution < -0.4 is 0 Å². The second-order valence-electron chi connectivity index (χ2n) is 2.90. The zero-order valence-corrected chi connectivity index (χ0v) is 8.45. The van der Waals surface area contributed by atoms with E-state index in [1.807, 2.05) is 17.5 Å². The SMILES string of the molecule is N#Cc1cc(C#N)cc(-c2cscn2)c1. The van der Waals surface area contributed by atoms with E-state index in [0.717, 1.165) is 11.3 Å². The molecule has 0 unspecified atom stereocenters. The van der Waals surface area contributed by atoms with Gasteiger partial charge in [-0.15, -0.1) is 11.3 Å². The standard InChI is InChI=1S/C11H5N3S/c12-4-8-1-9(5-13)3-10(2-8)11-6-15-7-14-11/h1-3,6-7H. The van der Waals surface area contributed by atoms with E-state index in [4.69, 9.17) is 10.5 Å². The third kappa shape index (κ3) is 1.85. The maximum absolute atomic E-state index is 8.80. The summed E-state index contributed by atoms with van der Waals surface area (Å²) >= 11 is 1.48. The van der Waals surface area contributed by atoms with Crippen molar-refractivity contribution in [1.29, 1.82) is 10.5 Å². The fourth-order valence-corrected chi connectivity index (χ4v) is 1.82. The van der Waals surface area contributed by atoms with Crippen molar-refractivity contribution in [1.82, 2.24) is 4.98 Å². The summed E-state index contributed by atoms with van der Waals surface area (Å²) in [6, 6.07) is 9.09. The molecule has 1 heterocycles. The van der Waals surface area contributed by atoms with E-state index < -0.39 is 0 Å². The third-order valence-electron chi connectivity index (χ3n) is 1.92. The molecule has 0 amide bonds. The van der Waals surface area contributed by atoms with E-state index in [0.29, 0.717) is 11.1 Å². The van der Waals surface area contributed by atoms with Crippen molar-refractivity contribution in [2.24, 2.45) is 0 Å². The van der Waals surface area contributed by atoms with Crippen LogP contribution in [0.3, 0.4) is 0 Å². The lowest BCUT2D eigenvalue weighted by atomic mass is 10.1. The average molecular weight is 211 g/mol. The zero-order valence-electron chi connectivity index (χ0n) is 7.64. The maximum Gasteiger partial charge on any atom is 0.0992 e. The van der Waals surface area contributed by atoms with Gasteiger partial charge in [0.1, 0.15) is 0 Å². The Morgan fingerprint density at radius 2 is 1.73 bits per heavy atom. The van der Waals surface area contributed by atoms with Crippen molar-refractivity contribution in [2.75, 3.05) is 0 Å². The molecule has 15 heavy (non-hydrogen) atoms. The minimum atomic E-state index is 0.483. The van der Waals surface area contributed by atoms with Crippen molar-refractivity contribution in [2.45, 2.75) is 0 Å². The number of hydrogen-bond donors (Lipinski definition) is 0. The Morgan fingerprint density at radius 1 is 1.07 bits per heavy atom. The minimum Gasteiger partial charge on any atom is -0.245 e. The number of nitriles is 2. The van der Waals surface area contributed by atoms with Gasteiger partial charge in [0.2, 0.25) is 0 Å². The summed E-state index contributed by atoms with van der Waals surface area (Å²) in [4.78, 5) is 4.14. The molecule has 0 radical (unpaired) electrons. The molecule has 70 valence electrons. The van der Waals surface area contributed by atoms with Gasteiger partial charge in [-0.25, -0.2) is 4.98 Å². The first-order chi connectivity index (χ1) is 7.33. The predicted octanol–water partition coefficient (Wildman–Crippen LogP) is 2.55. The molecule has 0 atom stereocenters. The molecule has 0 aliphatic carbocycles. The van der Waals surface area contributed by atoms with E-state index in [2.05, 4.69) is 4.98 Å². The highest BCUT2D eigenvalue weighted by atomic mass is 32.1. The van der Waals surface area contributed by atoms with E-state index in [-0.39, 0.29) is 0 Å². The molecule has 4 heteroatoms. The lowest BCUT2D eigenvalue weighted by molar-refractivity contribution is 1.39. The van der Waals surface area contributed by atoms with Crippen molar-refractivity contribution < 1.29 is 0 Å². The third-order valence-corrected chi connectivity index (χ3v) is 2.51. The predicted molar refractivity (Wildman–Crippen MR) is 57.0 cm³/mol. The van der Waals surface area contributed by atoms with Crippen molar-refractivity contribution >= 4 is 11.3 Å². The molecular weight excluding hydrogens is 206 g/mol. The Bertz CT molecular complexity index is 526. The number of nitrogens with zero attached hydrogens (tertiary/aromatic N) is 3. The monoisotopic (exact) mass is 211 g/mol. The molecule has 0 N–H and O–H groups in total. The summed E-state index contributed by atoms with van der Waals surface area (Å²) < 4.78 is 0. The molecule has 1 aromatic carbocycles. The first kappa shape index (κ1) is 9.39. The minimum absolute atomic E-state index is 0.483. The van der Waals surface area contributed by atoms with E-state index in [9.17, 15) is 0 Å². The Labute approximate surface area is 90.9 Å². The summed E-state index contributed by atoms with van der Waals surface area (Å²) in [7, 11) is 0. The van der Waals surface area contributed by atoms with Crippen LogP contribution in [0.2, 0.25) is 0 Å². The molecule has 3 nitrogen and oxygen atoms in total. The second kappa shape index (κ2) is 3.91. The van der Waals surface area contributed by atoms with Gasteiger partial charge in [0.05, 0.1) is 34.5 Å². The molecule has 0 saturated heterocycles. The number of thiazole rings is 1. The lowest BCUT2D eigenvalue weighted by Crippen LogP contribution is -1.84. The van der Waals surface area contributed by atoms with Crippen LogP contribution in [0.25, 0.3) is 11.3 Å². The fourth-order valence-electron chi connectivity index (χ4n) is 1.26. The Hall–Kier alpha value is -2.17. The van der Waals surface area contributed by atoms with Crippen molar-refractivity contribution in [3.63, 3.8) is 0 Å². The lowest BCUT2D eigenvalue weighted by Gasteiger charge is -1.98. The molecule has 0 aliphatic rings. The summed E-state index contributed by atoms with van der Waals surface area (Å²) in [6.07, 6.45) is 0. The Balaban J connectivity index is 2.59. The van der Waals surface area contributed by atoms with Crippen LogP contribution in [0.4, 0.5) is 0 Å². The van der Waals surface area contributed by atoms with Gasteiger partial charge in [0.25, 0.3) is 0 Å². The van der Waals surface area contributed by atoms with Crippen LogP contribution >= 0.6 is 11.3 Å². The summed E-state index contributed by atoms with van der Waals surface area (Å²) in [6.45, 7) is 0. The summed E-state index contributed by atoms with van der Waals surface area (Å²) in [5.74, 6) is 0. The van der Waals surface area contributed by atoms with Crippen LogP contribution in [-0.2, 0) is 0 Å². The van der Waals surface area contributed by atoms with Gasteiger partial charge in [0.15, 0.2) is 0 Å². The highest BCUT2D eigenvalue weighted by molar-refractivity contribution is 7.07. The highest BCUT2D eigenvalue weighted by Gasteiger charge is 2.04. The number of aromatic nitrogens is 1. The van der Waals surface area contributed by atoms with E-state index >= 15 is 0 Å². The highest BCUT2D eigenvalue weighted by Crippen LogP contribution is 2.21. The fraction of sp³-hybridized carbons (Fsp3) is 0. The molecule has 1 aromatic heterocycles. The maximum atomic E-state index is 8.80. The number of hydrogen-bond acceptors (Lipinski definition) is 4. The van der Waals surface area contributed by atoms with Crippen LogP contribution in [0.5, 0.6) is 0 Å². The molecular formula is C11H5N3S. The summed E-state index contributed by atoms with van der Waals surface area (Å²) in [5, 5.41) is 19.5. The number of benzene rings is 1. The largest absolute Gasteiger partial charge is 0.245 e. The molecule has 2 aromatic rings. The first-order valence-electron chi connectivity index (χ1n) is 4.17. The van der Waals surface area contributed by atoms with Crippen molar-refractivity contribution in [3.8, 4) is 23.4 Å². The van der Waals surface area contributed by atoms with Crippen LogP contribution in [0, 0.1) is 22.7 Å². The smallest absolute Gasteiger partial charge is 0.0992 e. The molecule has 0 aliphatic heterocycles. The first-order valence-corrected chi connectivity index (χ1v) is 5.11.